The van der Waals surface area contributed by atoms with Crippen molar-refractivity contribution in [3.05, 3.63) is 262 Å². The molecule has 0 unspecified atom stereocenters. The Morgan fingerprint density at radius 1 is 0.485 bits per heavy atom. The van der Waals surface area contributed by atoms with Crippen LogP contribution in [0.2, 0.25) is 15.1 Å². The average Bonchev–Trinajstić information content (AvgIpc) is 0.855. The number of benzene rings is 6. The molecular formula is C77H57Cl3F2N14OS2. The summed E-state index contributed by atoms with van der Waals surface area (Å²) < 4.78 is 33.1. The Balaban J connectivity index is 0.000000119. The number of thiazole rings is 2. The second kappa shape index (κ2) is 29.3. The maximum atomic E-state index is 13.8. The second-order valence-electron chi connectivity index (χ2n) is 22.8. The van der Waals surface area contributed by atoms with Gasteiger partial charge in [0.05, 0.1) is 45.7 Å². The number of rotatable bonds is 9. The fourth-order valence-corrected chi connectivity index (χ4v) is 13.2. The van der Waals surface area contributed by atoms with E-state index in [0.29, 0.717) is 49.9 Å². The highest BCUT2D eigenvalue weighted by Crippen LogP contribution is 2.42. The Kier molecular flexibility index (Phi) is 19.6. The van der Waals surface area contributed by atoms with Gasteiger partial charge in [0.1, 0.15) is 50.4 Å². The van der Waals surface area contributed by atoms with Gasteiger partial charge >= 0.3 is 0 Å². The highest BCUT2D eigenvalue weighted by molar-refractivity contribution is 7.22. The largest absolute Gasteiger partial charge is 0.474 e. The zero-order chi connectivity index (χ0) is 68.8. The number of aryl methyl sites for hydroxylation is 2. The van der Waals surface area contributed by atoms with Gasteiger partial charge in [-0.05, 0) is 187 Å². The third-order valence-electron chi connectivity index (χ3n) is 16.2. The molecule has 0 radical (unpaired) electrons. The lowest BCUT2D eigenvalue weighted by molar-refractivity contribution is 0.299. The van der Waals surface area contributed by atoms with Gasteiger partial charge in [-0.15, -0.1) is 0 Å². The molecule has 0 fully saturated rings. The lowest BCUT2D eigenvalue weighted by atomic mass is 9.95. The number of nitrogens with zero attached hydrogens (tertiary/aromatic N) is 10. The first kappa shape index (κ1) is 66.4. The molecule has 488 valence electrons. The van der Waals surface area contributed by atoms with Gasteiger partial charge < -0.3 is 32.2 Å². The van der Waals surface area contributed by atoms with E-state index >= 15 is 0 Å². The number of hydrogen-bond acceptors (Lipinski definition) is 17. The van der Waals surface area contributed by atoms with Crippen molar-refractivity contribution in [1.82, 2.24) is 44.9 Å². The number of fused-ring (bicyclic) bond motifs is 4. The van der Waals surface area contributed by atoms with E-state index in [4.69, 9.17) is 67.1 Å². The van der Waals surface area contributed by atoms with E-state index in [1.807, 2.05) is 147 Å². The van der Waals surface area contributed by atoms with Gasteiger partial charge in [0.25, 0.3) is 0 Å². The molecule has 0 bridgehead atoms. The first-order valence-electron chi connectivity index (χ1n) is 30.8. The molecule has 0 amide bonds. The summed E-state index contributed by atoms with van der Waals surface area (Å²) in [5, 5.41) is 12.1. The van der Waals surface area contributed by atoms with E-state index in [1.165, 1.54) is 41.0 Å². The van der Waals surface area contributed by atoms with E-state index < -0.39 is 5.82 Å². The number of nitrogens with two attached hydrogens (primary N) is 3. The minimum atomic E-state index is -0.461. The van der Waals surface area contributed by atoms with Crippen LogP contribution in [0.5, 0.6) is 5.88 Å². The minimum Gasteiger partial charge on any atom is -0.474 e. The summed E-state index contributed by atoms with van der Waals surface area (Å²) >= 11 is 20.9. The fraction of sp³-hybridized carbons (Fsp3) is 0.0649. The number of likely N-dealkylation sites (N-methyl/N-ethyl adjacent to an activating group) is 1. The Hall–Kier alpha value is -11.2. The van der Waals surface area contributed by atoms with Gasteiger partial charge in [0, 0.05) is 98.0 Å². The fourth-order valence-electron chi connectivity index (χ4n) is 11.3. The van der Waals surface area contributed by atoms with Gasteiger partial charge in [-0.2, -0.15) is 0 Å². The third-order valence-corrected chi connectivity index (χ3v) is 18.6. The van der Waals surface area contributed by atoms with Crippen LogP contribution in [-0.4, -0.2) is 71.3 Å². The number of aromatic nitrogens is 9. The van der Waals surface area contributed by atoms with Crippen LogP contribution in [0.4, 0.5) is 30.5 Å². The summed E-state index contributed by atoms with van der Waals surface area (Å²) in [6.07, 6.45) is 8.32. The molecule has 1 aliphatic heterocycles. The first-order chi connectivity index (χ1) is 48.0. The Bertz CT molecular complexity index is 5560. The van der Waals surface area contributed by atoms with Crippen molar-refractivity contribution in [3.8, 4) is 95.7 Å². The van der Waals surface area contributed by atoms with Crippen LogP contribution in [0, 0.1) is 30.9 Å². The molecule has 0 saturated heterocycles. The molecule has 0 spiro atoms. The van der Waals surface area contributed by atoms with E-state index in [9.17, 15) is 8.78 Å². The predicted molar refractivity (Wildman–Crippen MR) is 402 cm³/mol. The van der Waals surface area contributed by atoms with E-state index in [0.717, 1.165) is 139 Å². The van der Waals surface area contributed by atoms with Gasteiger partial charge in [-0.25, -0.2) is 38.7 Å². The molecule has 0 aliphatic carbocycles. The van der Waals surface area contributed by atoms with Crippen LogP contribution < -0.4 is 26.8 Å². The van der Waals surface area contributed by atoms with Gasteiger partial charge in [0.2, 0.25) is 5.88 Å². The maximum Gasteiger partial charge on any atom is 0.238 e. The van der Waals surface area contributed by atoms with E-state index in [-0.39, 0.29) is 10.8 Å². The predicted octanol–water partition coefficient (Wildman–Crippen LogP) is 19.6. The lowest BCUT2D eigenvalue weighted by Gasteiger charge is -2.28. The van der Waals surface area contributed by atoms with Crippen LogP contribution in [0.15, 0.2) is 219 Å². The van der Waals surface area contributed by atoms with Crippen LogP contribution in [0.1, 0.15) is 16.7 Å². The quantitative estimate of drug-likeness (QED) is 0.0986. The van der Waals surface area contributed by atoms with Crippen LogP contribution in [0.3, 0.4) is 0 Å². The molecule has 99 heavy (non-hydrogen) atoms. The molecule has 0 saturated carbocycles. The molecule has 22 heteroatoms. The zero-order valence-corrected chi connectivity index (χ0v) is 57.0. The molecule has 15 nitrogen and oxygen atoms in total. The Morgan fingerprint density at radius 3 is 1.62 bits per heavy atom. The molecule has 10 heterocycles. The van der Waals surface area contributed by atoms with Crippen LogP contribution in [-0.2, 0) is 0 Å². The number of halogens is 5. The number of anilines is 4. The average molecular weight is 1400 g/mol. The summed E-state index contributed by atoms with van der Waals surface area (Å²) in [6, 6.07) is 60.4. The highest BCUT2D eigenvalue weighted by atomic mass is 35.5. The van der Waals surface area contributed by atoms with Gasteiger partial charge in [0.15, 0.2) is 10.3 Å². The smallest absolute Gasteiger partial charge is 0.238 e. The number of pyridine rings is 7. The van der Waals surface area contributed by atoms with Crippen molar-refractivity contribution in [2.24, 2.45) is 0 Å². The van der Waals surface area contributed by atoms with E-state index in [1.54, 1.807) is 49.9 Å². The van der Waals surface area contributed by atoms with Crippen molar-refractivity contribution in [2.75, 3.05) is 42.3 Å². The maximum absolute atomic E-state index is 13.8. The Labute approximate surface area is 590 Å². The van der Waals surface area contributed by atoms with Crippen LogP contribution >= 0.6 is 57.5 Å². The summed E-state index contributed by atoms with van der Waals surface area (Å²) in [5.74, 6) is 0.426. The molecule has 15 aromatic rings. The Morgan fingerprint density at radius 2 is 1.03 bits per heavy atom. The number of hydrogen-bond donors (Lipinski definition) is 4. The summed E-state index contributed by atoms with van der Waals surface area (Å²) in [4.78, 5) is 44.0. The zero-order valence-electron chi connectivity index (χ0n) is 53.1. The highest BCUT2D eigenvalue weighted by Gasteiger charge is 2.23. The van der Waals surface area contributed by atoms with Crippen molar-refractivity contribution < 1.29 is 13.5 Å². The number of nitrogens with one attached hydrogen (secondary N) is 1. The number of nitrogen functional groups attached to an aromatic ring is 3. The van der Waals surface area contributed by atoms with Crippen molar-refractivity contribution >= 4 is 117 Å². The number of ether oxygens (including phenoxy) is 1. The van der Waals surface area contributed by atoms with Gasteiger partial charge in [-0.3, -0.25) is 15.0 Å². The molecule has 7 N–H and O–H groups in total. The second-order valence-corrected chi connectivity index (χ2v) is 26.1. The van der Waals surface area contributed by atoms with Crippen molar-refractivity contribution in [3.63, 3.8) is 0 Å². The molecule has 0 atom stereocenters. The topological polar surface area (TPSA) is 230 Å². The van der Waals surface area contributed by atoms with Crippen molar-refractivity contribution in [2.45, 2.75) is 13.8 Å². The molecule has 1 aliphatic rings. The third kappa shape index (κ3) is 14.7. The molecular weight excluding hydrogens is 1350 g/mol. The first-order valence-corrected chi connectivity index (χ1v) is 33.6. The lowest BCUT2D eigenvalue weighted by Crippen LogP contribution is -2.29. The monoisotopic (exact) mass is 1400 g/mol. The van der Waals surface area contributed by atoms with Gasteiger partial charge in [-0.1, -0.05) is 112 Å². The summed E-state index contributed by atoms with van der Waals surface area (Å²) in [7, 11) is 2.02. The summed E-state index contributed by atoms with van der Waals surface area (Å²) in [5.41, 5.74) is 36.5. The SMILES string of the molecule is Cc1cc(-c2nc3c(cc2-c2ccc(C)c(C=N)c2)N(C)CCO3)ccc1F.Nc1nc2ccc(-c3cccnc3-c3ccc(F)c(Cl)c3)nc2s1.Nc1nc2ccc(-c3cccnc3-c3cccc(Cl)c3)nc2s1.Nc1nccc2ccc(-c3cccnc3-c3cccc(Cl)c3)cc12. The van der Waals surface area contributed by atoms with E-state index in [2.05, 4.69) is 75.1 Å². The minimum absolute atomic E-state index is 0.0581. The van der Waals surface area contributed by atoms with Crippen LogP contribution in [0.25, 0.3) is 121 Å². The molecule has 16 rings (SSSR count). The standard InChI is InChI=1S/C23H22FN3O.C20H14ClN3.C17H10ClFN4S.C17H11ClN4S/c1-14-4-5-16(11-18(14)13-25)19-12-21-23(28-9-8-27(21)3)26-22(19)17-6-7-20(24)15(2)10-17;21-16-4-1-3-15(11-16)19-17(5-2-9-23-19)14-7-6-13-8-10-24-20(22)18(13)12-14;18-11-8-9(3-4-12(11)19)15-10(2-1-7-21-15)13-5-6-14-16(22-13)24-17(20)23-14;18-11-4-1-3-10(9-11)15-12(5-2-8-20-15)13-6-7-14-16(21-13)23-17(19)22-14/h4-7,10-13,25H,8-9H2,1-3H3;1-12H,(H2,22,24);1-8H,(H2,20,23);1-9H,(H2,19,22). The van der Waals surface area contributed by atoms with Crippen molar-refractivity contribution in [1.29, 1.82) is 5.41 Å². The normalized spacial score (nSPS) is 11.6. The molecule has 9 aromatic heterocycles. The summed E-state index contributed by atoms with van der Waals surface area (Å²) in [6.45, 7) is 5.12. The molecule has 6 aromatic carbocycles.